The van der Waals surface area contributed by atoms with E-state index in [0.717, 1.165) is 11.1 Å². The molecule has 0 heterocycles. The second-order valence-electron chi connectivity index (χ2n) is 4.38. The molecule has 0 saturated heterocycles. The van der Waals surface area contributed by atoms with Crippen molar-refractivity contribution in [1.82, 2.24) is 0 Å². The van der Waals surface area contributed by atoms with Crippen LogP contribution in [0.25, 0.3) is 0 Å². The number of hydrogen-bond donors (Lipinski definition) is 1. The molecule has 0 amide bonds. The average Bonchev–Trinajstić information content (AvgIpc) is 2.55. The lowest BCUT2D eigenvalue weighted by atomic mass is 9.97. The first-order valence-corrected chi connectivity index (χ1v) is 5.52. The Balaban J connectivity index is 2.42. The van der Waals surface area contributed by atoms with Crippen LogP contribution in [0.4, 0.5) is 0 Å². The molecule has 1 aromatic rings. The summed E-state index contributed by atoms with van der Waals surface area (Å²) in [5.74, 6) is -0.428. The van der Waals surface area contributed by atoms with Gasteiger partial charge in [-0.15, -0.1) is 0 Å². The van der Waals surface area contributed by atoms with E-state index in [1.54, 1.807) is 6.07 Å². The fraction of sp³-hybridized carbons (Fsp3) is 0.385. The van der Waals surface area contributed by atoms with Crippen LogP contribution in [0.3, 0.4) is 0 Å². The smallest absolute Gasteiger partial charge is 0.341 e. The highest BCUT2D eigenvalue weighted by Gasteiger charge is 2.31. The van der Waals surface area contributed by atoms with Crippen LogP contribution in [-0.4, -0.2) is 23.5 Å². The van der Waals surface area contributed by atoms with Gasteiger partial charge >= 0.3 is 5.97 Å². The average molecular weight is 234 g/mol. The van der Waals surface area contributed by atoms with Gasteiger partial charge in [0.15, 0.2) is 12.4 Å². The number of hydrogen-bond acceptors (Lipinski definition) is 3. The summed E-state index contributed by atoms with van der Waals surface area (Å²) < 4.78 is 5.16. The molecule has 0 aromatic heterocycles. The predicted molar refractivity (Wildman–Crippen MR) is 61.7 cm³/mol. The predicted octanol–water partition coefficient (Wildman–Crippen LogP) is 2.15. The summed E-state index contributed by atoms with van der Waals surface area (Å²) in [6, 6.07) is 3.54. The summed E-state index contributed by atoms with van der Waals surface area (Å²) in [4.78, 5) is 22.3. The first-order chi connectivity index (χ1) is 8.00. The number of rotatable bonds is 3. The number of carboxylic acid groups (broad SMARTS) is 1. The molecule has 1 aromatic carbocycles. The molecule has 1 N–H and O–H groups in total. The van der Waals surface area contributed by atoms with Crippen LogP contribution in [0.1, 0.15) is 40.7 Å². The van der Waals surface area contributed by atoms with E-state index in [0.29, 0.717) is 17.7 Å². The SMILES string of the molecule is Cc1ccc(OCC(=O)O)c2c1[C@H](C)CC2=O. The summed E-state index contributed by atoms with van der Waals surface area (Å²) in [5.41, 5.74) is 2.62. The van der Waals surface area contributed by atoms with E-state index < -0.39 is 12.6 Å². The number of carboxylic acids is 1. The molecule has 1 aliphatic carbocycles. The second kappa shape index (κ2) is 4.20. The van der Waals surface area contributed by atoms with Gasteiger partial charge in [-0.3, -0.25) is 4.79 Å². The molecular formula is C13H14O4. The van der Waals surface area contributed by atoms with E-state index in [1.165, 1.54) is 0 Å². The maximum absolute atomic E-state index is 11.9. The summed E-state index contributed by atoms with van der Waals surface area (Å²) in [6.07, 6.45) is 0.476. The monoisotopic (exact) mass is 234 g/mol. The highest BCUT2D eigenvalue weighted by molar-refractivity contribution is 6.04. The molecule has 90 valence electrons. The second-order valence-corrected chi connectivity index (χ2v) is 4.38. The molecule has 17 heavy (non-hydrogen) atoms. The van der Waals surface area contributed by atoms with Crippen LogP contribution in [-0.2, 0) is 4.79 Å². The van der Waals surface area contributed by atoms with Gasteiger partial charge in [0.2, 0.25) is 0 Å². The molecule has 2 rings (SSSR count). The van der Waals surface area contributed by atoms with Crippen molar-refractivity contribution in [2.24, 2.45) is 0 Å². The van der Waals surface area contributed by atoms with Gasteiger partial charge < -0.3 is 9.84 Å². The molecule has 0 fully saturated rings. The first-order valence-electron chi connectivity index (χ1n) is 5.52. The van der Waals surface area contributed by atoms with Crippen molar-refractivity contribution in [3.05, 3.63) is 28.8 Å². The minimum absolute atomic E-state index is 0.0385. The Hall–Kier alpha value is -1.84. The van der Waals surface area contributed by atoms with Crippen LogP contribution >= 0.6 is 0 Å². The van der Waals surface area contributed by atoms with Crippen molar-refractivity contribution in [1.29, 1.82) is 0 Å². The summed E-state index contributed by atoms with van der Waals surface area (Å²) in [5, 5.41) is 8.59. The maximum atomic E-state index is 11.9. The van der Waals surface area contributed by atoms with Gasteiger partial charge in [0.05, 0.1) is 5.56 Å². The minimum atomic E-state index is -1.04. The van der Waals surface area contributed by atoms with Gasteiger partial charge in [0, 0.05) is 6.42 Å². The number of fused-ring (bicyclic) bond motifs is 1. The topological polar surface area (TPSA) is 63.6 Å². The normalized spacial score (nSPS) is 18.0. The van der Waals surface area contributed by atoms with E-state index in [9.17, 15) is 9.59 Å². The molecular weight excluding hydrogens is 220 g/mol. The molecule has 0 spiro atoms. The van der Waals surface area contributed by atoms with Gasteiger partial charge in [-0.05, 0) is 30.0 Å². The Morgan fingerprint density at radius 1 is 1.53 bits per heavy atom. The first kappa shape index (κ1) is 11.6. The van der Waals surface area contributed by atoms with Crippen LogP contribution < -0.4 is 4.74 Å². The Kier molecular flexibility index (Phi) is 2.88. The zero-order valence-electron chi connectivity index (χ0n) is 9.82. The third-order valence-corrected chi connectivity index (χ3v) is 3.04. The van der Waals surface area contributed by atoms with E-state index in [2.05, 4.69) is 0 Å². The molecule has 0 unspecified atom stereocenters. The van der Waals surface area contributed by atoms with Crippen LogP contribution in [0, 0.1) is 6.92 Å². The Morgan fingerprint density at radius 2 is 2.24 bits per heavy atom. The summed E-state index contributed by atoms with van der Waals surface area (Å²) in [7, 11) is 0. The number of carbonyl (C=O) groups excluding carboxylic acids is 1. The lowest BCUT2D eigenvalue weighted by Crippen LogP contribution is -2.11. The Morgan fingerprint density at radius 3 is 2.88 bits per heavy atom. The van der Waals surface area contributed by atoms with Gasteiger partial charge in [0.1, 0.15) is 5.75 Å². The van der Waals surface area contributed by atoms with E-state index in [-0.39, 0.29) is 11.7 Å². The maximum Gasteiger partial charge on any atom is 0.341 e. The van der Waals surface area contributed by atoms with Crippen LogP contribution in [0.2, 0.25) is 0 Å². The number of aliphatic carboxylic acids is 1. The number of carbonyl (C=O) groups is 2. The van der Waals surface area contributed by atoms with Crippen LogP contribution in [0.5, 0.6) is 5.75 Å². The van der Waals surface area contributed by atoms with Crippen molar-refractivity contribution < 1.29 is 19.4 Å². The minimum Gasteiger partial charge on any atom is -0.481 e. The molecule has 0 aliphatic heterocycles. The molecule has 0 radical (unpaired) electrons. The number of benzene rings is 1. The standard InChI is InChI=1S/C13H14O4/c1-7-3-4-10(17-6-11(15)16)13-9(14)5-8(2)12(7)13/h3-4,8H,5-6H2,1-2H3,(H,15,16)/t8-/m1/s1. The van der Waals surface area contributed by atoms with Crippen molar-refractivity contribution in [3.63, 3.8) is 0 Å². The lowest BCUT2D eigenvalue weighted by Gasteiger charge is -2.12. The van der Waals surface area contributed by atoms with Gasteiger partial charge in [0.25, 0.3) is 0 Å². The third kappa shape index (κ3) is 2.02. The molecule has 0 bridgehead atoms. The zero-order chi connectivity index (χ0) is 12.6. The summed E-state index contributed by atoms with van der Waals surface area (Å²) in [6.45, 7) is 3.53. The number of ketones is 1. The molecule has 1 atom stereocenters. The Bertz CT molecular complexity index is 490. The molecule has 1 aliphatic rings. The fourth-order valence-electron chi connectivity index (χ4n) is 2.37. The highest BCUT2D eigenvalue weighted by atomic mass is 16.5. The molecule has 4 heteroatoms. The fourth-order valence-corrected chi connectivity index (χ4v) is 2.37. The van der Waals surface area contributed by atoms with E-state index >= 15 is 0 Å². The zero-order valence-corrected chi connectivity index (χ0v) is 9.82. The van der Waals surface area contributed by atoms with Crippen molar-refractivity contribution in [3.8, 4) is 5.75 Å². The third-order valence-electron chi connectivity index (χ3n) is 3.04. The quantitative estimate of drug-likeness (QED) is 0.870. The number of aryl methyl sites for hydroxylation is 1. The molecule has 0 saturated carbocycles. The largest absolute Gasteiger partial charge is 0.481 e. The number of ether oxygens (including phenoxy) is 1. The highest BCUT2D eigenvalue weighted by Crippen LogP contribution is 2.40. The van der Waals surface area contributed by atoms with Crippen molar-refractivity contribution >= 4 is 11.8 Å². The number of Topliss-reactive ketones (excluding diaryl/α,β-unsaturated/α-hetero) is 1. The summed E-state index contributed by atoms with van der Waals surface area (Å²) >= 11 is 0. The van der Waals surface area contributed by atoms with Crippen molar-refractivity contribution in [2.45, 2.75) is 26.2 Å². The van der Waals surface area contributed by atoms with Gasteiger partial charge in [-0.1, -0.05) is 13.0 Å². The van der Waals surface area contributed by atoms with Gasteiger partial charge in [-0.25, -0.2) is 4.79 Å². The van der Waals surface area contributed by atoms with E-state index in [1.807, 2.05) is 19.9 Å². The molecule has 4 nitrogen and oxygen atoms in total. The van der Waals surface area contributed by atoms with Crippen LogP contribution in [0.15, 0.2) is 12.1 Å². The lowest BCUT2D eigenvalue weighted by molar-refractivity contribution is -0.139. The van der Waals surface area contributed by atoms with Gasteiger partial charge in [-0.2, -0.15) is 0 Å². The Labute approximate surface area is 99.2 Å². The van der Waals surface area contributed by atoms with E-state index in [4.69, 9.17) is 9.84 Å². The van der Waals surface area contributed by atoms with Crippen molar-refractivity contribution in [2.75, 3.05) is 6.61 Å².